The smallest absolute Gasteiger partial charge is 0.257 e. The summed E-state index contributed by atoms with van der Waals surface area (Å²) >= 11 is 3.39. The molecule has 0 saturated carbocycles. The van der Waals surface area contributed by atoms with E-state index in [1.54, 1.807) is 28.2 Å². The van der Waals surface area contributed by atoms with E-state index in [9.17, 15) is 13.2 Å². The first-order valence-electron chi connectivity index (χ1n) is 8.90. The maximum Gasteiger partial charge on any atom is 0.257 e. The van der Waals surface area contributed by atoms with Crippen molar-refractivity contribution < 1.29 is 13.2 Å². The summed E-state index contributed by atoms with van der Waals surface area (Å²) in [5, 5.41) is 7.71. The van der Waals surface area contributed by atoms with Gasteiger partial charge in [-0.1, -0.05) is 19.1 Å². The van der Waals surface area contributed by atoms with E-state index >= 15 is 0 Å². The number of rotatable bonds is 5. The van der Waals surface area contributed by atoms with Gasteiger partial charge in [-0.2, -0.15) is 16.9 Å². The molecule has 0 radical (unpaired) electrons. The fourth-order valence-electron chi connectivity index (χ4n) is 3.51. The highest BCUT2D eigenvalue weighted by molar-refractivity contribution is 7.99. The Labute approximate surface area is 167 Å². The van der Waals surface area contributed by atoms with Crippen LogP contribution in [0.4, 0.5) is 5.82 Å². The average Bonchev–Trinajstić information content (AvgIpc) is 3.31. The van der Waals surface area contributed by atoms with Crippen LogP contribution in [0.5, 0.6) is 0 Å². The summed E-state index contributed by atoms with van der Waals surface area (Å²) in [4.78, 5) is 14.0. The predicted octanol–water partition coefficient (Wildman–Crippen LogP) is 3.35. The Kier molecular flexibility index (Phi) is 5.26. The van der Waals surface area contributed by atoms with Crippen LogP contribution in [0.15, 0.2) is 29.2 Å². The van der Waals surface area contributed by atoms with E-state index in [1.807, 2.05) is 24.3 Å². The predicted molar refractivity (Wildman–Crippen MR) is 110 cm³/mol. The molecule has 1 saturated heterocycles. The van der Waals surface area contributed by atoms with Gasteiger partial charge in [-0.05, 0) is 24.3 Å². The minimum atomic E-state index is -3.03. The summed E-state index contributed by atoms with van der Waals surface area (Å²) in [6, 6.07) is 7.35. The number of aromatic nitrogens is 2. The maximum absolute atomic E-state index is 13.0. The van der Waals surface area contributed by atoms with Gasteiger partial charge in [-0.25, -0.2) is 13.1 Å². The third kappa shape index (κ3) is 3.77. The topological polar surface area (TPSA) is 81.1 Å². The SMILES string of the molecule is CCSc1ccccc1C(=O)Nc1c2c(nn1C1CCS(=O)(=O)C1)CSC2. The third-order valence-corrected chi connectivity index (χ3v) is 8.47. The van der Waals surface area contributed by atoms with Crippen molar-refractivity contribution in [3.63, 3.8) is 0 Å². The van der Waals surface area contributed by atoms with Crippen LogP contribution in [0.3, 0.4) is 0 Å². The number of nitrogens with one attached hydrogen (secondary N) is 1. The number of carbonyl (C=O) groups is 1. The van der Waals surface area contributed by atoms with Gasteiger partial charge >= 0.3 is 0 Å². The normalized spacial score (nSPS) is 20.6. The lowest BCUT2D eigenvalue weighted by Gasteiger charge is -2.16. The van der Waals surface area contributed by atoms with Crippen LogP contribution in [-0.2, 0) is 21.3 Å². The van der Waals surface area contributed by atoms with Gasteiger partial charge in [-0.3, -0.25) is 4.79 Å². The number of sulfone groups is 1. The molecule has 0 bridgehead atoms. The number of benzene rings is 1. The molecule has 3 heterocycles. The van der Waals surface area contributed by atoms with Crippen LogP contribution in [0.2, 0.25) is 0 Å². The molecule has 0 aliphatic carbocycles. The molecule has 1 fully saturated rings. The van der Waals surface area contributed by atoms with E-state index in [0.717, 1.165) is 33.4 Å². The van der Waals surface area contributed by atoms with E-state index < -0.39 is 9.84 Å². The molecule has 2 aromatic rings. The molecule has 27 heavy (non-hydrogen) atoms. The highest BCUT2D eigenvalue weighted by Gasteiger charge is 2.34. The Bertz CT molecular complexity index is 985. The Morgan fingerprint density at radius 2 is 2.19 bits per heavy atom. The minimum absolute atomic E-state index is 0.0891. The molecule has 4 rings (SSSR count). The van der Waals surface area contributed by atoms with Crippen molar-refractivity contribution in [1.82, 2.24) is 9.78 Å². The fraction of sp³-hybridized carbons (Fsp3) is 0.444. The van der Waals surface area contributed by atoms with Gasteiger partial charge in [0, 0.05) is 22.0 Å². The number of carbonyl (C=O) groups excluding carboxylic acids is 1. The van der Waals surface area contributed by atoms with Crippen LogP contribution in [0.1, 0.15) is 41.0 Å². The maximum atomic E-state index is 13.0. The van der Waals surface area contributed by atoms with Crippen molar-refractivity contribution in [1.29, 1.82) is 0 Å². The highest BCUT2D eigenvalue weighted by atomic mass is 32.2. The molecule has 144 valence electrons. The Balaban J connectivity index is 1.67. The van der Waals surface area contributed by atoms with Gasteiger partial charge < -0.3 is 5.32 Å². The second-order valence-corrected chi connectivity index (χ2v) is 11.2. The van der Waals surface area contributed by atoms with Gasteiger partial charge in [0.15, 0.2) is 9.84 Å². The van der Waals surface area contributed by atoms with Gasteiger partial charge in [0.05, 0.1) is 28.8 Å². The van der Waals surface area contributed by atoms with Crippen molar-refractivity contribution in [2.75, 3.05) is 22.6 Å². The summed E-state index contributed by atoms with van der Waals surface area (Å²) in [5.41, 5.74) is 2.62. The highest BCUT2D eigenvalue weighted by Crippen LogP contribution is 2.38. The Morgan fingerprint density at radius 1 is 1.37 bits per heavy atom. The molecule has 1 aromatic carbocycles. The quantitative estimate of drug-likeness (QED) is 0.743. The summed E-state index contributed by atoms with van der Waals surface area (Å²) in [5.74, 6) is 3.23. The van der Waals surface area contributed by atoms with E-state index in [4.69, 9.17) is 0 Å². The van der Waals surface area contributed by atoms with Gasteiger partial charge in [0.1, 0.15) is 5.82 Å². The molecule has 2 aliphatic heterocycles. The van der Waals surface area contributed by atoms with Crippen molar-refractivity contribution in [2.45, 2.75) is 35.8 Å². The van der Waals surface area contributed by atoms with Crippen molar-refractivity contribution >= 4 is 45.1 Å². The zero-order valence-electron chi connectivity index (χ0n) is 15.0. The number of amides is 1. The number of hydrogen-bond acceptors (Lipinski definition) is 6. The third-order valence-electron chi connectivity index (χ3n) is 4.79. The first-order chi connectivity index (χ1) is 13.0. The molecule has 0 spiro atoms. The molecule has 1 aromatic heterocycles. The van der Waals surface area contributed by atoms with E-state index in [-0.39, 0.29) is 23.5 Å². The largest absolute Gasteiger partial charge is 0.306 e. The van der Waals surface area contributed by atoms with Gasteiger partial charge in [0.25, 0.3) is 5.91 Å². The molecular formula is C18H21N3O3S3. The number of fused-ring (bicyclic) bond motifs is 1. The zero-order valence-corrected chi connectivity index (χ0v) is 17.4. The lowest BCUT2D eigenvalue weighted by atomic mass is 10.2. The van der Waals surface area contributed by atoms with E-state index in [2.05, 4.69) is 17.3 Å². The number of anilines is 1. The molecule has 2 aliphatic rings. The summed E-state index contributed by atoms with van der Waals surface area (Å²) in [7, 11) is -3.03. The summed E-state index contributed by atoms with van der Waals surface area (Å²) in [6.07, 6.45) is 0.543. The molecule has 1 unspecified atom stereocenters. The lowest BCUT2D eigenvalue weighted by Crippen LogP contribution is -2.21. The first kappa shape index (κ1) is 18.9. The van der Waals surface area contributed by atoms with Gasteiger partial charge in [0.2, 0.25) is 0 Å². The molecule has 6 nitrogen and oxygen atoms in total. The van der Waals surface area contributed by atoms with Crippen LogP contribution in [0, 0.1) is 0 Å². The van der Waals surface area contributed by atoms with E-state index in [0.29, 0.717) is 17.8 Å². The fourth-order valence-corrected chi connectivity index (χ4v) is 7.04. The number of thioether (sulfide) groups is 2. The van der Waals surface area contributed by atoms with Crippen molar-refractivity contribution in [2.24, 2.45) is 0 Å². The van der Waals surface area contributed by atoms with Crippen LogP contribution in [-0.4, -0.2) is 41.4 Å². The zero-order chi connectivity index (χ0) is 19.0. The number of hydrogen-bond donors (Lipinski definition) is 1. The molecule has 1 amide bonds. The summed E-state index contributed by atoms with van der Waals surface area (Å²) in [6.45, 7) is 2.05. The van der Waals surface area contributed by atoms with Gasteiger partial charge in [-0.15, -0.1) is 11.8 Å². The monoisotopic (exact) mass is 423 g/mol. The van der Waals surface area contributed by atoms with Crippen molar-refractivity contribution in [3.8, 4) is 0 Å². The molecule has 1 N–H and O–H groups in total. The first-order valence-corrected chi connectivity index (χ1v) is 12.9. The second-order valence-electron chi connectivity index (χ2n) is 6.65. The Hall–Kier alpha value is -1.45. The minimum Gasteiger partial charge on any atom is -0.306 e. The molecular weight excluding hydrogens is 402 g/mol. The molecule has 9 heteroatoms. The summed E-state index contributed by atoms with van der Waals surface area (Å²) < 4.78 is 25.6. The van der Waals surface area contributed by atoms with Crippen LogP contribution in [0.25, 0.3) is 0 Å². The Morgan fingerprint density at radius 3 is 2.93 bits per heavy atom. The average molecular weight is 424 g/mol. The second kappa shape index (κ2) is 7.52. The van der Waals surface area contributed by atoms with Crippen LogP contribution >= 0.6 is 23.5 Å². The standard InChI is InChI=1S/C18H21N3O3S3/c1-2-26-16-6-4-3-5-13(16)18(22)19-17-14-9-25-10-15(14)20-21(17)12-7-8-27(23,24)11-12/h3-6,12H,2,7-11H2,1H3,(H,19,22). The van der Waals surface area contributed by atoms with E-state index in [1.165, 1.54) is 0 Å². The van der Waals surface area contributed by atoms with Crippen molar-refractivity contribution in [3.05, 3.63) is 41.1 Å². The molecule has 1 atom stereocenters. The van der Waals surface area contributed by atoms with Crippen LogP contribution < -0.4 is 5.32 Å². The lowest BCUT2D eigenvalue weighted by molar-refractivity contribution is 0.102. The number of nitrogens with zero attached hydrogens (tertiary/aromatic N) is 2.